The van der Waals surface area contributed by atoms with E-state index >= 15 is 0 Å². The number of hydrogen-bond acceptors (Lipinski definition) is 5. The Morgan fingerprint density at radius 1 is 1.09 bits per heavy atom. The molecule has 0 unspecified atom stereocenters. The van der Waals surface area contributed by atoms with Crippen molar-refractivity contribution < 1.29 is 13.6 Å². The van der Waals surface area contributed by atoms with Gasteiger partial charge in [-0.3, -0.25) is 14.6 Å². The quantitative estimate of drug-likeness (QED) is 0.406. The number of nitrogens with one attached hydrogen (secondary N) is 2. The van der Waals surface area contributed by atoms with Gasteiger partial charge in [-0.1, -0.05) is 29.8 Å². The largest absolute Gasteiger partial charge is 0.306 e. The maximum atomic E-state index is 14.4. The van der Waals surface area contributed by atoms with E-state index in [1.54, 1.807) is 13.0 Å². The van der Waals surface area contributed by atoms with E-state index in [9.17, 15) is 18.4 Å². The molecule has 0 bridgehead atoms. The molecule has 2 N–H and O–H groups in total. The number of carbonyl (C=O) groups is 1. The molecule has 0 fully saturated rings. The smallest absolute Gasteiger partial charge is 0.263 e. The van der Waals surface area contributed by atoms with Crippen molar-refractivity contribution in [2.24, 2.45) is 0 Å². The van der Waals surface area contributed by atoms with Crippen LogP contribution in [-0.4, -0.2) is 35.4 Å². The minimum Gasteiger partial charge on any atom is -0.306 e. The maximum Gasteiger partial charge on any atom is 0.263 e. The first-order chi connectivity index (χ1) is 16.3. The summed E-state index contributed by atoms with van der Waals surface area (Å²) in [5, 5.41) is 11.0. The van der Waals surface area contributed by atoms with Gasteiger partial charge < -0.3 is 5.32 Å². The molecule has 3 heterocycles. The highest BCUT2D eigenvalue weighted by molar-refractivity contribution is 6.34. The number of anilines is 1. The lowest BCUT2D eigenvalue weighted by atomic mass is 10.2. The minimum atomic E-state index is -0.816. The molecule has 34 heavy (non-hydrogen) atoms. The van der Waals surface area contributed by atoms with Crippen molar-refractivity contribution in [3.63, 3.8) is 0 Å². The number of benzene rings is 2. The van der Waals surface area contributed by atoms with E-state index in [1.165, 1.54) is 52.0 Å². The zero-order valence-corrected chi connectivity index (χ0v) is 18.1. The van der Waals surface area contributed by atoms with E-state index in [2.05, 4.69) is 25.5 Å². The van der Waals surface area contributed by atoms with Gasteiger partial charge in [0.1, 0.15) is 28.5 Å². The van der Waals surface area contributed by atoms with Gasteiger partial charge in [0.05, 0.1) is 22.5 Å². The van der Waals surface area contributed by atoms with Crippen LogP contribution in [0.3, 0.4) is 0 Å². The summed E-state index contributed by atoms with van der Waals surface area (Å²) in [5.74, 6) is -2.14. The summed E-state index contributed by atoms with van der Waals surface area (Å²) in [5.41, 5.74) is -0.248. The van der Waals surface area contributed by atoms with E-state index in [-0.39, 0.29) is 39.1 Å². The zero-order valence-electron chi connectivity index (χ0n) is 17.4. The second kappa shape index (κ2) is 8.19. The number of H-pyrrole nitrogens is 1. The van der Waals surface area contributed by atoms with Crippen molar-refractivity contribution in [1.82, 2.24) is 29.5 Å². The summed E-state index contributed by atoms with van der Waals surface area (Å²) in [6, 6.07) is 11.3. The van der Waals surface area contributed by atoms with E-state index in [4.69, 9.17) is 11.6 Å². The predicted octanol–water partition coefficient (Wildman–Crippen LogP) is 3.79. The lowest BCUT2D eigenvalue weighted by Gasteiger charge is -2.10. The van der Waals surface area contributed by atoms with Gasteiger partial charge in [-0.05, 0) is 31.2 Å². The van der Waals surface area contributed by atoms with Crippen LogP contribution in [0.25, 0.3) is 22.7 Å². The number of halogens is 3. The Bertz CT molecular complexity index is 1620. The van der Waals surface area contributed by atoms with Crippen LogP contribution in [0.5, 0.6) is 0 Å². The Labute approximate surface area is 194 Å². The second-order valence-corrected chi connectivity index (χ2v) is 7.68. The lowest BCUT2D eigenvalue weighted by molar-refractivity contribution is 0.102. The van der Waals surface area contributed by atoms with Crippen molar-refractivity contribution in [3.05, 3.63) is 93.0 Å². The number of aryl methyl sites for hydroxylation is 1. The van der Waals surface area contributed by atoms with Gasteiger partial charge in [-0.15, -0.1) is 0 Å². The van der Waals surface area contributed by atoms with Crippen LogP contribution in [0.15, 0.2) is 59.5 Å². The Morgan fingerprint density at radius 3 is 2.62 bits per heavy atom. The van der Waals surface area contributed by atoms with Gasteiger partial charge in [0.2, 0.25) is 5.95 Å². The SMILES string of the molecule is Cc1cc(NC(=O)c2c(F)cccc2Cl)n(-c2nc3c(cnn3-c3ccccc3F)c(=O)[nH]2)n1. The molecule has 1 amide bonds. The number of para-hydroxylation sites is 1. The van der Waals surface area contributed by atoms with Crippen molar-refractivity contribution in [2.45, 2.75) is 6.92 Å². The standard InChI is InChI=1S/C22H14ClF2N7O2/c1-11-9-17(27-21(34)18-13(23)5-4-7-15(18)25)32(30-11)22-28-19-12(20(33)29-22)10-26-31(19)16-8-3-2-6-14(16)24/h2-10H,1H3,(H,27,34)(H,28,29,33). The number of rotatable bonds is 4. The number of fused-ring (bicyclic) bond motifs is 1. The number of aromatic amines is 1. The molecule has 0 saturated heterocycles. The molecule has 12 heteroatoms. The predicted molar refractivity (Wildman–Crippen MR) is 121 cm³/mol. The summed E-state index contributed by atoms with van der Waals surface area (Å²) in [7, 11) is 0. The van der Waals surface area contributed by atoms with Crippen LogP contribution in [0.1, 0.15) is 16.1 Å². The maximum absolute atomic E-state index is 14.4. The van der Waals surface area contributed by atoms with Crippen molar-refractivity contribution in [1.29, 1.82) is 0 Å². The number of aromatic nitrogens is 6. The van der Waals surface area contributed by atoms with Crippen molar-refractivity contribution in [3.8, 4) is 11.6 Å². The van der Waals surface area contributed by atoms with Gasteiger partial charge in [-0.2, -0.15) is 19.9 Å². The normalized spacial score (nSPS) is 11.2. The minimum absolute atomic E-state index is 0.0676. The van der Waals surface area contributed by atoms with E-state index in [0.717, 1.165) is 6.07 Å². The number of hydrogen-bond donors (Lipinski definition) is 2. The average molecular weight is 482 g/mol. The third kappa shape index (κ3) is 3.61. The molecule has 5 aromatic rings. The molecule has 0 aliphatic heterocycles. The fraction of sp³-hybridized carbons (Fsp3) is 0.0455. The molecule has 5 rings (SSSR count). The number of nitrogens with zero attached hydrogens (tertiary/aromatic N) is 5. The summed E-state index contributed by atoms with van der Waals surface area (Å²) in [6.07, 6.45) is 1.27. The van der Waals surface area contributed by atoms with Gasteiger partial charge >= 0.3 is 0 Å². The van der Waals surface area contributed by atoms with E-state index in [0.29, 0.717) is 5.69 Å². The Balaban J connectivity index is 1.62. The molecule has 9 nitrogen and oxygen atoms in total. The highest BCUT2D eigenvalue weighted by Crippen LogP contribution is 2.23. The first-order valence-corrected chi connectivity index (χ1v) is 10.3. The summed E-state index contributed by atoms with van der Waals surface area (Å²) in [6.45, 7) is 1.66. The monoisotopic (exact) mass is 481 g/mol. The summed E-state index contributed by atoms with van der Waals surface area (Å²) < 4.78 is 30.9. The van der Waals surface area contributed by atoms with Crippen LogP contribution in [-0.2, 0) is 0 Å². The first kappa shape index (κ1) is 21.5. The number of amides is 1. The first-order valence-electron chi connectivity index (χ1n) is 9.89. The molecule has 170 valence electrons. The Morgan fingerprint density at radius 2 is 1.85 bits per heavy atom. The molecule has 0 aliphatic carbocycles. The molecular formula is C22H14ClF2N7O2. The molecule has 0 radical (unpaired) electrons. The Hall–Kier alpha value is -4.38. The van der Waals surface area contributed by atoms with E-state index in [1.807, 2.05) is 0 Å². The summed E-state index contributed by atoms with van der Waals surface area (Å²) >= 11 is 5.99. The van der Waals surface area contributed by atoms with E-state index < -0.39 is 23.1 Å². The lowest BCUT2D eigenvalue weighted by Crippen LogP contribution is -2.20. The zero-order chi connectivity index (χ0) is 24.0. The molecular weight excluding hydrogens is 468 g/mol. The highest BCUT2D eigenvalue weighted by atomic mass is 35.5. The average Bonchev–Trinajstić information content (AvgIpc) is 3.37. The fourth-order valence-electron chi connectivity index (χ4n) is 3.45. The van der Waals surface area contributed by atoms with Crippen LogP contribution in [0.4, 0.5) is 14.6 Å². The third-order valence-corrected chi connectivity index (χ3v) is 5.28. The molecule has 2 aromatic carbocycles. The summed E-state index contributed by atoms with van der Waals surface area (Å²) in [4.78, 5) is 32.4. The Kier molecular flexibility index (Phi) is 5.17. The third-order valence-electron chi connectivity index (χ3n) is 4.97. The van der Waals surface area contributed by atoms with Crippen LogP contribution < -0.4 is 10.9 Å². The highest BCUT2D eigenvalue weighted by Gasteiger charge is 2.21. The topological polar surface area (TPSA) is 110 Å². The van der Waals surface area contributed by atoms with Gasteiger partial charge in [-0.25, -0.2) is 13.5 Å². The van der Waals surface area contributed by atoms with Crippen LogP contribution >= 0.6 is 11.6 Å². The van der Waals surface area contributed by atoms with Gasteiger partial charge in [0.25, 0.3) is 11.5 Å². The molecule has 0 aliphatic rings. The molecule has 3 aromatic heterocycles. The van der Waals surface area contributed by atoms with Crippen LogP contribution in [0, 0.1) is 18.6 Å². The fourth-order valence-corrected chi connectivity index (χ4v) is 3.70. The second-order valence-electron chi connectivity index (χ2n) is 7.27. The molecule has 0 atom stereocenters. The molecule has 0 spiro atoms. The number of carbonyl (C=O) groups excluding carboxylic acids is 1. The van der Waals surface area contributed by atoms with Crippen molar-refractivity contribution >= 4 is 34.4 Å². The molecule has 0 saturated carbocycles. The van der Waals surface area contributed by atoms with Gasteiger partial charge in [0, 0.05) is 6.07 Å². The van der Waals surface area contributed by atoms with Crippen molar-refractivity contribution in [2.75, 3.05) is 5.32 Å². The van der Waals surface area contributed by atoms with Gasteiger partial charge in [0.15, 0.2) is 5.65 Å². The van der Waals surface area contributed by atoms with Crippen LogP contribution in [0.2, 0.25) is 5.02 Å².